The standard InChI is InChI=1S/C18H26N4O2.HI/c1-6-23-16-9-7-15(8-10-16)12-22(5)18(19-4)20-11-17-21-13(2)14(3)24-17;/h7-10H,6,11-12H2,1-5H3,(H,19,20);1H. The summed E-state index contributed by atoms with van der Waals surface area (Å²) in [5.74, 6) is 3.20. The molecule has 0 aliphatic carbocycles. The number of ether oxygens (including phenoxy) is 1. The van der Waals surface area contributed by atoms with Crippen LogP contribution in [0.25, 0.3) is 0 Å². The summed E-state index contributed by atoms with van der Waals surface area (Å²) >= 11 is 0. The van der Waals surface area contributed by atoms with E-state index in [-0.39, 0.29) is 24.0 Å². The summed E-state index contributed by atoms with van der Waals surface area (Å²) in [5, 5.41) is 3.27. The lowest BCUT2D eigenvalue weighted by atomic mass is 10.2. The first-order valence-electron chi connectivity index (χ1n) is 8.10. The first kappa shape index (κ1) is 21.3. The number of guanidine groups is 1. The van der Waals surface area contributed by atoms with Crippen molar-refractivity contribution < 1.29 is 9.15 Å². The Morgan fingerprint density at radius 3 is 2.48 bits per heavy atom. The van der Waals surface area contributed by atoms with Crippen molar-refractivity contribution in [2.24, 2.45) is 4.99 Å². The van der Waals surface area contributed by atoms with Gasteiger partial charge in [0.2, 0.25) is 5.89 Å². The van der Waals surface area contributed by atoms with Gasteiger partial charge < -0.3 is 19.4 Å². The first-order chi connectivity index (χ1) is 11.5. The van der Waals surface area contributed by atoms with E-state index >= 15 is 0 Å². The van der Waals surface area contributed by atoms with Gasteiger partial charge in [0.25, 0.3) is 0 Å². The largest absolute Gasteiger partial charge is 0.494 e. The fraction of sp³-hybridized carbons (Fsp3) is 0.444. The second-order valence-corrected chi connectivity index (χ2v) is 5.58. The Balaban J connectivity index is 0.00000312. The molecule has 25 heavy (non-hydrogen) atoms. The molecule has 2 aromatic rings. The molecule has 138 valence electrons. The molecule has 7 heteroatoms. The molecule has 1 aromatic carbocycles. The third kappa shape index (κ3) is 6.22. The highest BCUT2D eigenvalue weighted by Crippen LogP contribution is 2.13. The summed E-state index contributed by atoms with van der Waals surface area (Å²) in [4.78, 5) is 10.7. The van der Waals surface area contributed by atoms with Crippen LogP contribution in [-0.4, -0.2) is 36.5 Å². The van der Waals surface area contributed by atoms with Gasteiger partial charge >= 0.3 is 0 Å². The number of hydrogen-bond acceptors (Lipinski definition) is 4. The summed E-state index contributed by atoms with van der Waals surface area (Å²) in [6.45, 7) is 7.77. The number of hydrogen-bond donors (Lipinski definition) is 1. The second kappa shape index (κ2) is 10.3. The highest BCUT2D eigenvalue weighted by Gasteiger charge is 2.10. The highest BCUT2D eigenvalue weighted by atomic mass is 127. The fourth-order valence-electron chi connectivity index (χ4n) is 2.36. The Hall–Kier alpha value is -1.77. The molecular weight excluding hydrogens is 431 g/mol. The van der Waals surface area contributed by atoms with Crippen molar-refractivity contribution in [3.05, 3.63) is 47.2 Å². The second-order valence-electron chi connectivity index (χ2n) is 5.58. The van der Waals surface area contributed by atoms with Gasteiger partial charge in [-0.2, -0.15) is 0 Å². The van der Waals surface area contributed by atoms with E-state index in [4.69, 9.17) is 9.15 Å². The van der Waals surface area contributed by atoms with Gasteiger partial charge in [-0.05, 0) is 38.5 Å². The van der Waals surface area contributed by atoms with Gasteiger partial charge in [-0.1, -0.05) is 12.1 Å². The number of aromatic nitrogens is 1. The molecule has 0 aliphatic heterocycles. The van der Waals surface area contributed by atoms with E-state index in [1.54, 1.807) is 7.05 Å². The molecule has 1 N–H and O–H groups in total. The Morgan fingerprint density at radius 1 is 1.28 bits per heavy atom. The molecule has 6 nitrogen and oxygen atoms in total. The summed E-state index contributed by atoms with van der Waals surface area (Å²) in [5.41, 5.74) is 2.11. The molecule has 0 spiro atoms. The lowest BCUT2D eigenvalue weighted by Gasteiger charge is -2.21. The lowest BCUT2D eigenvalue weighted by Crippen LogP contribution is -2.38. The van der Waals surface area contributed by atoms with Gasteiger partial charge in [0.05, 0.1) is 18.8 Å². The van der Waals surface area contributed by atoms with E-state index in [1.807, 2.05) is 40.0 Å². The number of nitrogens with one attached hydrogen (secondary N) is 1. The third-order valence-electron chi connectivity index (χ3n) is 3.70. The molecule has 0 saturated heterocycles. The minimum Gasteiger partial charge on any atom is -0.494 e. The summed E-state index contributed by atoms with van der Waals surface area (Å²) in [7, 11) is 3.76. The molecule has 0 unspecified atom stereocenters. The Kier molecular flexibility index (Phi) is 8.74. The predicted octanol–water partition coefficient (Wildman–Crippen LogP) is 3.52. The average Bonchev–Trinajstić information content (AvgIpc) is 2.88. The minimum atomic E-state index is 0. The number of rotatable bonds is 6. The van der Waals surface area contributed by atoms with E-state index in [0.29, 0.717) is 19.0 Å². The zero-order chi connectivity index (χ0) is 17.5. The molecule has 1 aromatic heterocycles. The maximum Gasteiger partial charge on any atom is 0.214 e. The van der Waals surface area contributed by atoms with Crippen molar-refractivity contribution in [2.45, 2.75) is 33.9 Å². The molecule has 0 aliphatic rings. The van der Waals surface area contributed by atoms with Crippen LogP contribution in [0.2, 0.25) is 0 Å². The minimum absolute atomic E-state index is 0. The molecule has 2 rings (SSSR count). The van der Waals surface area contributed by atoms with E-state index < -0.39 is 0 Å². The predicted molar refractivity (Wildman–Crippen MR) is 111 cm³/mol. The Labute approximate surface area is 166 Å². The molecule has 0 fully saturated rings. The van der Waals surface area contributed by atoms with Crippen molar-refractivity contribution in [3.63, 3.8) is 0 Å². The van der Waals surface area contributed by atoms with Gasteiger partial charge in [-0.3, -0.25) is 4.99 Å². The van der Waals surface area contributed by atoms with Gasteiger partial charge in [-0.15, -0.1) is 24.0 Å². The number of aryl methyl sites for hydroxylation is 2. The van der Waals surface area contributed by atoms with Crippen molar-refractivity contribution in [3.8, 4) is 5.75 Å². The van der Waals surface area contributed by atoms with Crippen molar-refractivity contribution >= 4 is 29.9 Å². The van der Waals surface area contributed by atoms with Crippen LogP contribution in [0.4, 0.5) is 0 Å². The van der Waals surface area contributed by atoms with Crippen molar-refractivity contribution in [2.75, 3.05) is 20.7 Å². The topological polar surface area (TPSA) is 62.9 Å². The van der Waals surface area contributed by atoms with Gasteiger partial charge in [0, 0.05) is 20.6 Å². The Morgan fingerprint density at radius 2 is 1.96 bits per heavy atom. The normalized spacial score (nSPS) is 11.0. The highest BCUT2D eigenvalue weighted by molar-refractivity contribution is 14.0. The quantitative estimate of drug-likeness (QED) is 0.408. The van der Waals surface area contributed by atoms with Gasteiger partial charge in [0.1, 0.15) is 11.5 Å². The molecule has 0 amide bonds. The SMILES string of the molecule is CCOc1ccc(CN(C)C(=NC)NCc2nc(C)c(C)o2)cc1.I. The average molecular weight is 458 g/mol. The smallest absolute Gasteiger partial charge is 0.214 e. The van der Waals surface area contributed by atoms with Gasteiger partial charge in [-0.25, -0.2) is 4.98 Å². The number of halogens is 1. The zero-order valence-electron chi connectivity index (χ0n) is 15.5. The first-order valence-corrected chi connectivity index (χ1v) is 8.10. The van der Waals surface area contributed by atoms with Gasteiger partial charge in [0.15, 0.2) is 5.96 Å². The number of aliphatic imine (C=N–C) groups is 1. The monoisotopic (exact) mass is 458 g/mol. The third-order valence-corrected chi connectivity index (χ3v) is 3.70. The van der Waals surface area contributed by atoms with Crippen molar-refractivity contribution in [1.29, 1.82) is 0 Å². The molecule has 1 heterocycles. The number of oxazole rings is 1. The molecule has 0 atom stereocenters. The maximum atomic E-state index is 5.58. The van der Waals surface area contributed by atoms with Crippen LogP contribution in [0.1, 0.15) is 29.8 Å². The maximum absolute atomic E-state index is 5.58. The summed E-state index contributed by atoms with van der Waals surface area (Å²) in [6, 6.07) is 8.10. The zero-order valence-corrected chi connectivity index (χ0v) is 17.8. The Bertz CT molecular complexity index is 663. The fourth-order valence-corrected chi connectivity index (χ4v) is 2.36. The molecule has 0 bridgehead atoms. The van der Waals surface area contributed by atoms with E-state index in [1.165, 1.54) is 5.56 Å². The van der Waals surface area contributed by atoms with Crippen LogP contribution in [-0.2, 0) is 13.1 Å². The van der Waals surface area contributed by atoms with Crippen molar-refractivity contribution in [1.82, 2.24) is 15.2 Å². The summed E-state index contributed by atoms with van der Waals surface area (Å²) < 4.78 is 11.0. The molecule has 0 saturated carbocycles. The number of benzene rings is 1. The lowest BCUT2D eigenvalue weighted by molar-refractivity contribution is 0.340. The van der Waals surface area contributed by atoms with Crippen LogP contribution >= 0.6 is 24.0 Å². The molecular formula is C18H27IN4O2. The molecule has 0 radical (unpaired) electrons. The van der Waals surface area contributed by atoms with E-state index in [9.17, 15) is 0 Å². The van der Waals surface area contributed by atoms with Crippen LogP contribution in [0.5, 0.6) is 5.75 Å². The van der Waals surface area contributed by atoms with Crippen LogP contribution < -0.4 is 10.1 Å². The van der Waals surface area contributed by atoms with Crippen LogP contribution in [0.3, 0.4) is 0 Å². The number of nitrogens with zero attached hydrogens (tertiary/aromatic N) is 3. The van der Waals surface area contributed by atoms with E-state index in [2.05, 4.69) is 32.3 Å². The summed E-state index contributed by atoms with van der Waals surface area (Å²) in [6.07, 6.45) is 0. The van der Waals surface area contributed by atoms with Crippen LogP contribution in [0.15, 0.2) is 33.7 Å². The van der Waals surface area contributed by atoms with E-state index in [0.717, 1.165) is 29.7 Å². The van der Waals surface area contributed by atoms with Crippen LogP contribution in [0, 0.1) is 13.8 Å².